The summed E-state index contributed by atoms with van der Waals surface area (Å²) < 4.78 is 10.1. The van der Waals surface area contributed by atoms with Crippen molar-refractivity contribution in [3.8, 4) is 5.95 Å². The van der Waals surface area contributed by atoms with E-state index in [0.717, 1.165) is 6.42 Å². The first kappa shape index (κ1) is 18.1. The fourth-order valence-corrected chi connectivity index (χ4v) is 2.42. The van der Waals surface area contributed by atoms with Gasteiger partial charge in [-0.05, 0) is 19.3 Å². The second-order valence-corrected chi connectivity index (χ2v) is 5.74. The van der Waals surface area contributed by atoms with Crippen LogP contribution in [0.5, 0.6) is 5.95 Å². The largest absolute Gasteiger partial charge is 0.464 e. The minimum Gasteiger partial charge on any atom is -0.464 e. The first-order chi connectivity index (χ1) is 11.5. The zero-order chi connectivity index (χ0) is 17.7. The van der Waals surface area contributed by atoms with E-state index in [1.54, 1.807) is 0 Å². The maximum atomic E-state index is 12.5. The predicted octanol–water partition coefficient (Wildman–Crippen LogP) is 1.43. The van der Waals surface area contributed by atoms with Crippen molar-refractivity contribution in [1.82, 2.24) is 15.2 Å². The number of hydrogen-bond acceptors (Lipinski definition) is 6. The number of hydrazine groups is 1. The zero-order valence-electron chi connectivity index (χ0n) is 14.3. The van der Waals surface area contributed by atoms with Crippen molar-refractivity contribution in [2.45, 2.75) is 39.7 Å². The van der Waals surface area contributed by atoms with Gasteiger partial charge in [0.05, 0.1) is 18.7 Å². The number of urea groups is 1. The third-order valence-corrected chi connectivity index (χ3v) is 4.07. The molecule has 1 aliphatic heterocycles. The molecule has 0 bridgehead atoms. The fraction of sp³-hybridized carbons (Fsp3) is 0.667. The number of aromatic nitrogens is 1. The molecule has 24 heavy (non-hydrogen) atoms. The van der Waals surface area contributed by atoms with Crippen LogP contribution in [0.25, 0.3) is 0 Å². The zero-order valence-corrected chi connectivity index (χ0v) is 14.3. The summed E-state index contributed by atoms with van der Waals surface area (Å²) in [5.74, 6) is 0.259. The van der Waals surface area contributed by atoms with Gasteiger partial charge >= 0.3 is 12.0 Å². The summed E-state index contributed by atoms with van der Waals surface area (Å²) in [5, 5.41) is 9.08. The van der Waals surface area contributed by atoms with E-state index >= 15 is 0 Å². The highest BCUT2D eigenvalue weighted by atomic mass is 16.6. The number of nitrogens with two attached hydrogens (primary N) is 1. The standard InChI is InChI=1S/C15H25N5O4/c1-4-10(3)13(16)14(21)19-7-6-8-20(19)15(22)17-11-9-12(23-5-2)24-18-11/h9-10,13H,4-8,16H2,1-3H3,(H,17,18,22)/t10-,13-/m0/s1. The minimum absolute atomic E-state index is 0.0484. The van der Waals surface area contributed by atoms with Gasteiger partial charge in [0.2, 0.25) is 0 Å². The first-order valence-corrected chi connectivity index (χ1v) is 8.22. The van der Waals surface area contributed by atoms with Gasteiger partial charge in [0.1, 0.15) is 0 Å². The molecule has 0 aliphatic carbocycles. The number of nitrogens with zero attached hydrogens (tertiary/aromatic N) is 3. The molecule has 3 amide bonds. The van der Waals surface area contributed by atoms with Crippen LogP contribution in [0, 0.1) is 5.92 Å². The number of carbonyl (C=O) groups excluding carboxylic acids is 2. The molecule has 2 heterocycles. The van der Waals surface area contributed by atoms with Crippen LogP contribution < -0.4 is 15.8 Å². The second-order valence-electron chi connectivity index (χ2n) is 5.74. The summed E-state index contributed by atoms with van der Waals surface area (Å²) in [5.41, 5.74) is 6.01. The van der Waals surface area contributed by atoms with Gasteiger partial charge < -0.3 is 15.0 Å². The number of anilines is 1. The molecule has 134 valence electrons. The molecule has 1 fully saturated rings. The average Bonchev–Trinajstić information content (AvgIpc) is 3.22. The lowest BCUT2D eigenvalue weighted by Gasteiger charge is -2.31. The third-order valence-electron chi connectivity index (χ3n) is 4.07. The number of rotatable bonds is 6. The van der Waals surface area contributed by atoms with Crippen LogP contribution in [0.2, 0.25) is 0 Å². The van der Waals surface area contributed by atoms with Gasteiger partial charge in [0.25, 0.3) is 5.91 Å². The summed E-state index contributed by atoms with van der Waals surface area (Å²) in [6.45, 7) is 7.07. The molecule has 1 aliphatic rings. The van der Waals surface area contributed by atoms with Crippen LogP contribution in [0.1, 0.15) is 33.6 Å². The van der Waals surface area contributed by atoms with E-state index in [1.165, 1.54) is 16.1 Å². The molecule has 0 radical (unpaired) electrons. The number of ether oxygens (including phenoxy) is 1. The van der Waals surface area contributed by atoms with E-state index in [2.05, 4.69) is 10.5 Å². The number of hydrogen-bond donors (Lipinski definition) is 2. The maximum Gasteiger partial charge on any atom is 0.341 e. The molecule has 3 N–H and O–H groups in total. The molecule has 1 aromatic rings. The average molecular weight is 339 g/mol. The van der Waals surface area contributed by atoms with E-state index in [-0.39, 0.29) is 23.6 Å². The van der Waals surface area contributed by atoms with Gasteiger partial charge in [-0.1, -0.05) is 25.4 Å². The van der Waals surface area contributed by atoms with Gasteiger partial charge in [-0.25, -0.2) is 14.8 Å². The van der Waals surface area contributed by atoms with Crippen LogP contribution in [-0.4, -0.2) is 52.9 Å². The van der Waals surface area contributed by atoms with E-state index < -0.39 is 12.1 Å². The summed E-state index contributed by atoms with van der Waals surface area (Å²) in [6, 6.07) is 0.405. The van der Waals surface area contributed by atoms with Crippen LogP contribution in [-0.2, 0) is 4.79 Å². The van der Waals surface area contributed by atoms with Crippen molar-refractivity contribution in [2.75, 3.05) is 25.0 Å². The van der Waals surface area contributed by atoms with E-state index in [4.69, 9.17) is 15.0 Å². The fourth-order valence-electron chi connectivity index (χ4n) is 2.42. The molecular formula is C15H25N5O4. The molecule has 2 atom stereocenters. The molecule has 9 heteroatoms. The van der Waals surface area contributed by atoms with Crippen LogP contribution >= 0.6 is 0 Å². The van der Waals surface area contributed by atoms with Crippen molar-refractivity contribution in [3.05, 3.63) is 6.07 Å². The third kappa shape index (κ3) is 3.97. The first-order valence-electron chi connectivity index (χ1n) is 8.22. The summed E-state index contributed by atoms with van der Waals surface area (Å²) in [7, 11) is 0. The van der Waals surface area contributed by atoms with Crippen molar-refractivity contribution in [3.63, 3.8) is 0 Å². The van der Waals surface area contributed by atoms with Crippen LogP contribution in [0.4, 0.5) is 10.6 Å². The Morgan fingerprint density at radius 3 is 2.79 bits per heavy atom. The number of amides is 3. The van der Waals surface area contributed by atoms with E-state index in [1.807, 2.05) is 20.8 Å². The summed E-state index contributed by atoms with van der Waals surface area (Å²) >= 11 is 0. The Morgan fingerprint density at radius 2 is 2.12 bits per heavy atom. The van der Waals surface area contributed by atoms with Gasteiger partial charge in [-0.3, -0.25) is 10.1 Å². The number of nitrogens with one attached hydrogen (secondary N) is 1. The Hall–Kier alpha value is -2.29. The number of carbonyl (C=O) groups is 2. The van der Waals surface area contributed by atoms with Crippen molar-refractivity contribution >= 4 is 17.8 Å². The molecule has 1 aromatic heterocycles. The Balaban J connectivity index is 2.00. The Morgan fingerprint density at radius 1 is 1.42 bits per heavy atom. The highest BCUT2D eigenvalue weighted by Crippen LogP contribution is 2.19. The van der Waals surface area contributed by atoms with Gasteiger partial charge in [-0.15, -0.1) is 0 Å². The smallest absolute Gasteiger partial charge is 0.341 e. The molecule has 0 spiro atoms. The second kappa shape index (κ2) is 8.00. The van der Waals surface area contributed by atoms with Crippen molar-refractivity contribution in [1.29, 1.82) is 0 Å². The molecule has 2 rings (SSSR count). The monoisotopic (exact) mass is 339 g/mol. The molecule has 0 unspecified atom stereocenters. The lowest BCUT2D eigenvalue weighted by atomic mass is 9.99. The van der Waals surface area contributed by atoms with Gasteiger partial charge in [0, 0.05) is 13.1 Å². The Bertz CT molecular complexity index is 576. The van der Waals surface area contributed by atoms with Gasteiger partial charge in [0.15, 0.2) is 5.82 Å². The highest BCUT2D eigenvalue weighted by molar-refractivity contribution is 5.91. The maximum absolute atomic E-state index is 12.5. The molecule has 9 nitrogen and oxygen atoms in total. The lowest BCUT2D eigenvalue weighted by molar-refractivity contribution is -0.142. The molecule has 0 saturated carbocycles. The Kier molecular flexibility index (Phi) is 6.02. The van der Waals surface area contributed by atoms with Crippen LogP contribution in [0.3, 0.4) is 0 Å². The molecular weight excluding hydrogens is 314 g/mol. The quantitative estimate of drug-likeness (QED) is 0.810. The summed E-state index contributed by atoms with van der Waals surface area (Å²) in [4.78, 5) is 24.9. The highest BCUT2D eigenvalue weighted by Gasteiger charge is 2.35. The van der Waals surface area contributed by atoms with Gasteiger partial charge in [-0.2, -0.15) is 0 Å². The Labute approximate surface area is 141 Å². The minimum atomic E-state index is -0.625. The topological polar surface area (TPSA) is 114 Å². The molecule has 0 aromatic carbocycles. The lowest BCUT2D eigenvalue weighted by Crippen LogP contribution is -2.53. The van der Waals surface area contributed by atoms with E-state index in [0.29, 0.717) is 26.1 Å². The predicted molar refractivity (Wildman–Crippen MR) is 87.2 cm³/mol. The van der Waals surface area contributed by atoms with Crippen LogP contribution in [0.15, 0.2) is 10.6 Å². The van der Waals surface area contributed by atoms with Crippen molar-refractivity contribution < 1.29 is 18.8 Å². The van der Waals surface area contributed by atoms with E-state index in [9.17, 15) is 9.59 Å². The SMILES string of the molecule is CCOc1cc(NC(=O)N2CCCN2C(=O)[C@@H](N)[C@@H](C)CC)no1. The summed E-state index contributed by atoms with van der Waals surface area (Å²) in [6.07, 6.45) is 1.50. The molecule has 1 saturated heterocycles. The normalized spacial score (nSPS) is 16.8. The van der Waals surface area contributed by atoms with Crippen molar-refractivity contribution in [2.24, 2.45) is 11.7 Å².